The number of benzene rings is 1. The van der Waals surface area contributed by atoms with E-state index in [9.17, 15) is 14.9 Å². The molecule has 0 bridgehead atoms. The van der Waals surface area contributed by atoms with Crippen LogP contribution in [0, 0.1) is 10.1 Å². The van der Waals surface area contributed by atoms with Gasteiger partial charge in [0.15, 0.2) is 0 Å². The number of nitrogens with zero attached hydrogens (tertiary/aromatic N) is 2. The first-order valence-electron chi connectivity index (χ1n) is 6.46. The summed E-state index contributed by atoms with van der Waals surface area (Å²) in [6.07, 6.45) is 2.10. The van der Waals surface area contributed by atoms with Gasteiger partial charge >= 0.3 is 0 Å². The first-order chi connectivity index (χ1) is 9.45. The monoisotopic (exact) mass is 278 g/mol. The highest BCUT2D eigenvalue weighted by atomic mass is 16.6. The molecule has 3 N–H and O–H groups in total. The second-order valence-corrected chi connectivity index (χ2v) is 5.15. The molecule has 108 valence electrons. The Hall–Kier alpha value is -2.15. The van der Waals surface area contributed by atoms with Gasteiger partial charge in [-0.1, -0.05) is 0 Å². The number of hydrogen-bond acceptors (Lipinski definition) is 5. The van der Waals surface area contributed by atoms with Crippen LogP contribution in [-0.4, -0.2) is 35.4 Å². The molecule has 0 saturated heterocycles. The molecule has 0 heterocycles. The number of carbonyl (C=O) groups is 1. The van der Waals surface area contributed by atoms with E-state index in [1.165, 1.54) is 18.2 Å². The SMILES string of the molecule is CN(CC(=O)NC1CC1)Cc1cc([N+](=O)[O-])ccc1N. The molecule has 0 unspecified atom stereocenters. The Kier molecular flexibility index (Phi) is 4.19. The molecule has 20 heavy (non-hydrogen) atoms. The standard InChI is InChI=1S/C13H18N4O3/c1-16(8-13(18)15-10-2-3-10)7-9-6-11(17(19)20)4-5-12(9)14/h4-6,10H,2-3,7-8,14H2,1H3,(H,15,18). The quantitative estimate of drug-likeness (QED) is 0.457. The fourth-order valence-electron chi connectivity index (χ4n) is 1.94. The lowest BCUT2D eigenvalue weighted by Gasteiger charge is -2.17. The third-order valence-corrected chi connectivity index (χ3v) is 3.13. The number of nitro benzene ring substituents is 1. The van der Waals surface area contributed by atoms with Crippen molar-refractivity contribution < 1.29 is 9.72 Å². The number of non-ortho nitro benzene ring substituents is 1. The van der Waals surface area contributed by atoms with Crippen molar-refractivity contribution in [1.82, 2.24) is 10.2 Å². The molecule has 2 rings (SSSR count). The minimum Gasteiger partial charge on any atom is -0.398 e. The van der Waals surface area contributed by atoms with E-state index in [0.29, 0.717) is 23.8 Å². The number of anilines is 1. The van der Waals surface area contributed by atoms with Gasteiger partial charge in [0.05, 0.1) is 11.5 Å². The molecule has 0 atom stereocenters. The maximum atomic E-state index is 11.7. The van der Waals surface area contributed by atoms with Crippen molar-refractivity contribution in [2.75, 3.05) is 19.3 Å². The summed E-state index contributed by atoms with van der Waals surface area (Å²) in [5, 5.41) is 13.6. The average Bonchev–Trinajstić information content (AvgIpc) is 3.15. The number of likely N-dealkylation sites (N-methyl/N-ethyl adjacent to an activating group) is 1. The molecule has 1 aromatic carbocycles. The fraction of sp³-hybridized carbons (Fsp3) is 0.462. The lowest BCUT2D eigenvalue weighted by molar-refractivity contribution is -0.384. The van der Waals surface area contributed by atoms with E-state index in [2.05, 4.69) is 5.32 Å². The van der Waals surface area contributed by atoms with Gasteiger partial charge in [-0.05, 0) is 31.5 Å². The summed E-state index contributed by atoms with van der Waals surface area (Å²) in [6.45, 7) is 0.643. The Morgan fingerprint density at radius 2 is 2.25 bits per heavy atom. The van der Waals surface area contributed by atoms with Gasteiger partial charge in [0.2, 0.25) is 5.91 Å². The van der Waals surface area contributed by atoms with E-state index < -0.39 is 4.92 Å². The predicted molar refractivity (Wildman–Crippen MR) is 75.0 cm³/mol. The number of carbonyl (C=O) groups excluding carboxylic acids is 1. The van der Waals surface area contributed by atoms with Gasteiger partial charge in [-0.25, -0.2) is 0 Å². The number of hydrogen-bond donors (Lipinski definition) is 2. The average molecular weight is 278 g/mol. The Balaban J connectivity index is 1.95. The van der Waals surface area contributed by atoms with Crippen molar-refractivity contribution in [3.8, 4) is 0 Å². The van der Waals surface area contributed by atoms with E-state index in [-0.39, 0.29) is 18.1 Å². The van der Waals surface area contributed by atoms with Crippen molar-refractivity contribution in [3.05, 3.63) is 33.9 Å². The predicted octanol–water partition coefficient (Wildman–Crippen LogP) is 0.887. The van der Waals surface area contributed by atoms with Gasteiger partial charge < -0.3 is 11.1 Å². The summed E-state index contributed by atoms with van der Waals surface area (Å²) in [4.78, 5) is 23.7. The molecule has 7 heteroatoms. The van der Waals surface area contributed by atoms with Crippen LogP contribution in [0.15, 0.2) is 18.2 Å². The molecule has 1 amide bonds. The number of amides is 1. The van der Waals surface area contributed by atoms with Crippen LogP contribution < -0.4 is 11.1 Å². The molecule has 1 aliphatic rings. The third kappa shape index (κ3) is 3.92. The van der Waals surface area contributed by atoms with Crippen molar-refractivity contribution in [2.24, 2.45) is 0 Å². The Bertz CT molecular complexity index is 528. The molecule has 0 spiro atoms. The van der Waals surface area contributed by atoms with Crippen LogP contribution in [0.2, 0.25) is 0 Å². The maximum Gasteiger partial charge on any atom is 0.269 e. The summed E-state index contributed by atoms with van der Waals surface area (Å²) in [5.74, 6) is -0.0287. The van der Waals surface area contributed by atoms with Crippen LogP contribution in [0.1, 0.15) is 18.4 Å². The second-order valence-electron chi connectivity index (χ2n) is 5.15. The van der Waals surface area contributed by atoms with Gasteiger partial charge in [-0.2, -0.15) is 0 Å². The third-order valence-electron chi connectivity index (χ3n) is 3.13. The van der Waals surface area contributed by atoms with Crippen LogP contribution in [-0.2, 0) is 11.3 Å². The van der Waals surface area contributed by atoms with Crippen LogP contribution >= 0.6 is 0 Å². The molecule has 1 fully saturated rings. The Morgan fingerprint density at radius 3 is 2.85 bits per heavy atom. The zero-order valence-electron chi connectivity index (χ0n) is 11.3. The highest BCUT2D eigenvalue weighted by molar-refractivity contribution is 5.78. The van der Waals surface area contributed by atoms with Gasteiger partial charge in [0.25, 0.3) is 5.69 Å². The number of nitrogens with one attached hydrogen (secondary N) is 1. The largest absolute Gasteiger partial charge is 0.398 e. The van der Waals surface area contributed by atoms with Gasteiger partial charge in [0, 0.05) is 30.4 Å². The van der Waals surface area contributed by atoms with Crippen LogP contribution in [0.5, 0.6) is 0 Å². The minimum atomic E-state index is -0.456. The lowest BCUT2D eigenvalue weighted by atomic mass is 10.1. The summed E-state index contributed by atoms with van der Waals surface area (Å²) < 4.78 is 0. The lowest BCUT2D eigenvalue weighted by Crippen LogP contribution is -2.36. The zero-order chi connectivity index (χ0) is 14.7. The first-order valence-corrected chi connectivity index (χ1v) is 6.46. The number of rotatable bonds is 6. The van der Waals surface area contributed by atoms with Crippen molar-refractivity contribution >= 4 is 17.3 Å². The highest BCUT2D eigenvalue weighted by Gasteiger charge is 2.23. The van der Waals surface area contributed by atoms with Crippen LogP contribution in [0.25, 0.3) is 0 Å². The number of nitro groups is 1. The maximum absolute atomic E-state index is 11.7. The second kappa shape index (κ2) is 5.87. The molecule has 7 nitrogen and oxygen atoms in total. The molecule has 0 aliphatic heterocycles. The highest BCUT2D eigenvalue weighted by Crippen LogP contribution is 2.21. The van der Waals surface area contributed by atoms with Crippen molar-refractivity contribution in [1.29, 1.82) is 0 Å². The molecular formula is C13H18N4O3. The Morgan fingerprint density at radius 1 is 1.55 bits per heavy atom. The molecular weight excluding hydrogens is 260 g/mol. The minimum absolute atomic E-state index is 0.00466. The van der Waals surface area contributed by atoms with Gasteiger partial charge in [-0.15, -0.1) is 0 Å². The van der Waals surface area contributed by atoms with Crippen molar-refractivity contribution in [2.45, 2.75) is 25.4 Å². The summed E-state index contributed by atoms with van der Waals surface area (Å²) in [6, 6.07) is 4.67. The topological polar surface area (TPSA) is 102 Å². The normalized spacial score (nSPS) is 14.3. The van der Waals surface area contributed by atoms with E-state index in [0.717, 1.165) is 12.8 Å². The molecule has 0 radical (unpaired) electrons. The molecule has 1 aromatic rings. The summed E-state index contributed by atoms with van der Waals surface area (Å²) in [7, 11) is 1.78. The summed E-state index contributed by atoms with van der Waals surface area (Å²) in [5.41, 5.74) is 6.96. The van der Waals surface area contributed by atoms with Crippen molar-refractivity contribution in [3.63, 3.8) is 0 Å². The van der Waals surface area contributed by atoms with Crippen LogP contribution in [0.3, 0.4) is 0 Å². The van der Waals surface area contributed by atoms with E-state index in [1.54, 1.807) is 11.9 Å². The summed E-state index contributed by atoms with van der Waals surface area (Å²) >= 11 is 0. The van der Waals surface area contributed by atoms with Gasteiger partial charge in [0.1, 0.15) is 0 Å². The molecule has 1 saturated carbocycles. The van der Waals surface area contributed by atoms with Gasteiger partial charge in [-0.3, -0.25) is 19.8 Å². The van der Waals surface area contributed by atoms with E-state index in [4.69, 9.17) is 5.73 Å². The molecule has 0 aromatic heterocycles. The Labute approximate surface area is 116 Å². The first kappa shape index (κ1) is 14.3. The smallest absolute Gasteiger partial charge is 0.269 e. The van der Waals surface area contributed by atoms with E-state index in [1.807, 2.05) is 0 Å². The zero-order valence-corrected chi connectivity index (χ0v) is 11.3. The number of nitrogens with two attached hydrogens (primary N) is 1. The number of nitrogen functional groups attached to an aromatic ring is 1. The fourth-order valence-corrected chi connectivity index (χ4v) is 1.94. The molecule has 1 aliphatic carbocycles. The van der Waals surface area contributed by atoms with Crippen LogP contribution in [0.4, 0.5) is 11.4 Å². The van der Waals surface area contributed by atoms with E-state index >= 15 is 0 Å².